The van der Waals surface area contributed by atoms with Gasteiger partial charge in [-0.2, -0.15) is 0 Å². The molecule has 1 aromatic rings. The van der Waals surface area contributed by atoms with E-state index in [0.717, 1.165) is 0 Å². The van der Waals surface area contributed by atoms with Crippen molar-refractivity contribution in [3.63, 3.8) is 0 Å². The number of alkyl halides is 1. The lowest BCUT2D eigenvalue weighted by atomic mass is 10.1. The third-order valence-electron chi connectivity index (χ3n) is 1.49. The molecule has 1 amide bonds. The van der Waals surface area contributed by atoms with Crippen LogP contribution in [0.2, 0.25) is 10.0 Å². The monoisotopic (exact) mass is 281 g/mol. The van der Waals surface area contributed by atoms with E-state index in [2.05, 4.69) is 15.9 Å². The smallest absolute Gasteiger partial charge is 0.235 e. The highest BCUT2D eigenvalue weighted by Gasteiger charge is 2.14. The number of halogens is 3. The van der Waals surface area contributed by atoms with Gasteiger partial charge in [0.2, 0.25) is 5.91 Å². The number of rotatable bonds is 2. The standard InChI is InChI=1S/C8H6BrCl2NO/c9-7(8(12)13)4-1-2-5(10)6(11)3-4/h1-3,7H,(H2,12,13). The number of primary amides is 1. The van der Waals surface area contributed by atoms with Crippen molar-refractivity contribution in [2.75, 3.05) is 0 Å². The highest BCUT2D eigenvalue weighted by molar-refractivity contribution is 9.09. The summed E-state index contributed by atoms with van der Waals surface area (Å²) in [6.07, 6.45) is 0. The average molecular weight is 283 g/mol. The molecule has 1 aromatic carbocycles. The molecule has 1 rings (SSSR count). The second kappa shape index (κ2) is 4.31. The van der Waals surface area contributed by atoms with Gasteiger partial charge >= 0.3 is 0 Å². The Balaban J connectivity index is 3.03. The molecule has 0 aromatic heterocycles. The molecule has 1 atom stereocenters. The Bertz CT molecular complexity index is 343. The van der Waals surface area contributed by atoms with Crippen molar-refractivity contribution in [2.24, 2.45) is 5.73 Å². The third-order valence-corrected chi connectivity index (χ3v) is 3.21. The van der Waals surface area contributed by atoms with E-state index in [-0.39, 0.29) is 0 Å². The fourth-order valence-corrected chi connectivity index (χ4v) is 1.43. The summed E-state index contributed by atoms with van der Waals surface area (Å²) >= 11 is 14.6. The van der Waals surface area contributed by atoms with Crippen molar-refractivity contribution in [3.8, 4) is 0 Å². The average Bonchev–Trinajstić information content (AvgIpc) is 2.08. The molecule has 2 nitrogen and oxygen atoms in total. The molecule has 0 saturated heterocycles. The minimum atomic E-state index is -0.526. The van der Waals surface area contributed by atoms with Crippen LogP contribution in [0.5, 0.6) is 0 Å². The maximum absolute atomic E-state index is 10.8. The van der Waals surface area contributed by atoms with Gasteiger partial charge in [-0.1, -0.05) is 45.2 Å². The van der Waals surface area contributed by atoms with E-state index in [1.54, 1.807) is 18.2 Å². The van der Waals surface area contributed by atoms with Crippen LogP contribution in [0.4, 0.5) is 0 Å². The van der Waals surface area contributed by atoms with Crippen LogP contribution in [0.15, 0.2) is 18.2 Å². The molecular formula is C8H6BrCl2NO. The largest absolute Gasteiger partial charge is 0.368 e. The Labute approximate surface area is 94.1 Å². The molecule has 0 radical (unpaired) electrons. The topological polar surface area (TPSA) is 43.1 Å². The summed E-state index contributed by atoms with van der Waals surface area (Å²) in [4.78, 5) is 10.3. The second-order valence-corrected chi connectivity index (χ2v) is 4.17. The van der Waals surface area contributed by atoms with Gasteiger partial charge in [0.15, 0.2) is 0 Å². The first-order valence-electron chi connectivity index (χ1n) is 3.40. The summed E-state index contributed by atoms with van der Waals surface area (Å²) in [7, 11) is 0. The van der Waals surface area contributed by atoms with Gasteiger partial charge in [-0.3, -0.25) is 4.79 Å². The Morgan fingerprint density at radius 2 is 2.00 bits per heavy atom. The zero-order valence-corrected chi connectivity index (χ0v) is 9.53. The predicted molar refractivity (Wildman–Crippen MR) is 57.3 cm³/mol. The first-order valence-corrected chi connectivity index (χ1v) is 5.08. The van der Waals surface area contributed by atoms with Gasteiger partial charge < -0.3 is 5.73 Å². The molecule has 0 heterocycles. The Morgan fingerprint density at radius 1 is 1.38 bits per heavy atom. The highest BCUT2D eigenvalue weighted by Crippen LogP contribution is 2.29. The minimum absolute atomic E-state index is 0.407. The number of amides is 1. The SMILES string of the molecule is NC(=O)C(Br)c1ccc(Cl)c(Cl)c1. The van der Waals surface area contributed by atoms with Gasteiger partial charge in [0.1, 0.15) is 4.83 Å². The molecular weight excluding hydrogens is 277 g/mol. The van der Waals surface area contributed by atoms with Crippen LogP contribution in [0.25, 0.3) is 0 Å². The van der Waals surface area contributed by atoms with E-state index in [1.807, 2.05) is 0 Å². The fraction of sp³-hybridized carbons (Fsp3) is 0.125. The minimum Gasteiger partial charge on any atom is -0.368 e. The molecule has 0 fully saturated rings. The molecule has 70 valence electrons. The van der Waals surface area contributed by atoms with Crippen molar-refractivity contribution >= 4 is 45.0 Å². The van der Waals surface area contributed by atoms with Crippen molar-refractivity contribution in [1.29, 1.82) is 0 Å². The van der Waals surface area contributed by atoms with Crippen LogP contribution in [0.3, 0.4) is 0 Å². The van der Waals surface area contributed by atoms with Crippen LogP contribution in [0, 0.1) is 0 Å². The molecule has 2 N–H and O–H groups in total. The molecule has 0 aliphatic heterocycles. The number of benzene rings is 1. The molecule has 1 unspecified atom stereocenters. The van der Waals surface area contributed by atoms with Gasteiger partial charge in [-0.15, -0.1) is 0 Å². The highest BCUT2D eigenvalue weighted by atomic mass is 79.9. The lowest BCUT2D eigenvalue weighted by Crippen LogP contribution is -2.16. The molecule has 0 saturated carbocycles. The predicted octanol–water partition coefficient (Wildman–Crippen LogP) is 2.91. The summed E-state index contributed by atoms with van der Waals surface area (Å²) < 4.78 is 0. The van der Waals surface area contributed by atoms with E-state index in [1.165, 1.54) is 0 Å². The van der Waals surface area contributed by atoms with Gasteiger partial charge in [0.05, 0.1) is 10.0 Å². The van der Waals surface area contributed by atoms with E-state index in [9.17, 15) is 4.79 Å². The number of carbonyl (C=O) groups is 1. The molecule has 0 spiro atoms. The zero-order chi connectivity index (χ0) is 10.0. The van der Waals surface area contributed by atoms with Crippen molar-refractivity contribution in [3.05, 3.63) is 33.8 Å². The van der Waals surface area contributed by atoms with Crippen LogP contribution in [0.1, 0.15) is 10.4 Å². The lowest BCUT2D eigenvalue weighted by Gasteiger charge is -2.06. The van der Waals surface area contributed by atoms with E-state index in [0.29, 0.717) is 15.6 Å². The van der Waals surface area contributed by atoms with Gasteiger partial charge in [0.25, 0.3) is 0 Å². The fourth-order valence-electron chi connectivity index (χ4n) is 0.834. The first kappa shape index (κ1) is 10.8. The van der Waals surface area contributed by atoms with Crippen LogP contribution < -0.4 is 5.73 Å². The maximum atomic E-state index is 10.8. The van der Waals surface area contributed by atoms with Gasteiger partial charge in [0, 0.05) is 0 Å². The first-order chi connectivity index (χ1) is 6.02. The van der Waals surface area contributed by atoms with Crippen molar-refractivity contribution in [1.82, 2.24) is 0 Å². The Hall–Kier alpha value is -0.250. The van der Waals surface area contributed by atoms with Gasteiger partial charge in [-0.05, 0) is 17.7 Å². The van der Waals surface area contributed by atoms with E-state index in [4.69, 9.17) is 28.9 Å². The number of carbonyl (C=O) groups excluding carboxylic acids is 1. The summed E-state index contributed by atoms with van der Waals surface area (Å²) in [6.45, 7) is 0. The molecule has 0 bridgehead atoms. The molecule has 13 heavy (non-hydrogen) atoms. The summed E-state index contributed by atoms with van der Waals surface area (Å²) in [5, 5.41) is 0.861. The summed E-state index contributed by atoms with van der Waals surface area (Å²) in [5.41, 5.74) is 5.79. The normalized spacial score (nSPS) is 12.5. The molecule has 5 heteroatoms. The number of hydrogen-bond acceptors (Lipinski definition) is 1. The second-order valence-electron chi connectivity index (χ2n) is 2.44. The zero-order valence-electron chi connectivity index (χ0n) is 6.43. The number of nitrogens with two attached hydrogens (primary N) is 1. The Morgan fingerprint density at radius 3 is 2.46 bits per heavy atom. The summed E-state index contributed by atoms with van der Waals surface area (Å²) in [6, 6.07) is 4.92. The molecule has 0 aliphatic rings. The quantitative estimate of drug-likeness (QED) is 0.833. The van der Waals surface area contributed by atoms with Crippen LogP contribution in [-0.4, -0.2) is 5.91 Å². The molecule has 0 aliphatic carbocycles. The third kappa shape index (κ3) is 2.59. The van der Waals surface area contributed by atoms with Crippen LogP contribution >= 0.6 is 39.1 Å². The van der Waals surface area contributed by atoms with E-state index < -0.39 is 10.7 Å². The van der Waals surface area contributed by atoms with Gasteiger partial charge in [-0.25, -0.2) is 0 Å². The summed E-state index contributed by atoms with van der Waals surface area (Å²) in [5.74, 6) is -0.460. The van der Waals surface area contributed by atoms with E-state index >= 15 is 0 Å². The van der Waals surface area contributed by atoms with Crippen LogP contribution in [-0.2, 0) is 4.79 Å². The Kier molecular flexibility index (Phi) is 3.59. The lowest BCUT2D eigenvalue weighted by molar-refractivity contribution is -0.117. The van der Waals surface area contributed by atoms with Crippen molar-refractivity contribution in [2.45, 2.75) is 4.83 Å². The maximum Gasteiger partial charge on any atom is 0.235 e. The number of hydrogen-bond donors (Lipinski definition) is 1. The van der Waals surface area contributed by atoms with Crippen molar-refractivity contribution < 1.29 is 4.79 Å².